The highest BCUT2D eigenvalue weighted by atomic mass is 35.5. The van der Waals surface area contributed by atoms with Crippen molar-refractivity contribution >= 4 is 17.9 Å². The summed E-state index contributed by atoms with van der Waals surface area (Å²) in [7, 11) is 1.46. The number of hydrogen-bond donors (Lipinski definition) is 1. The number of carbonyl (C=O) groups is 1. The maximum atomic E-state index is 10.4. The molecule has 12 heavy (non-hydrogen) atoms. The molecule has 0 atom stereocenters. The second-order valence-electron chi connectivity index (χ2n) is 2.16. The number of phenolic OH excluding ortho intramolecular Hbond substituents is 1. The number of aromatic hydroxyl groups is 1. The highest BCUT2D eigenvalue weighted by Gasteiger charge is 2.07. The summed E-state index contributed by atoms with van der Waals surface area (Å²) in [6.07, 6.45) is 0.518. The van der Waals surface area contributed by atoms with Crippen LogP contribution in [0.25, 0.3) is 0 Å². The third-order valence-electron chi connectivity index (χ3n) is 1.43. The van der Waals surface area contributed by atoms with Gasteiger partial charge in [0.05, 0.1) is 17.7 Å². The Hall–Kier alpha value is -1.22. The van der Waals surface area contributed by atoms with E-state index in [2.05, 4.69) is 0 Å². The molecule has 64 valence electrons. The molecule has 4 heteroatoms. The van der Waals surface area contributed by atoms with Crippen molar-refractivity contribution in [2.24, 2.45) is 0 Å². The van der Waals surface area contributed by atoms with E-state index in [-0.39, 0.29) is 16.3 Å². The molecule has 0 amide bonds. The smallest absolute Gasteiger partial charge is 0.153 e. The van der Waals surface area contributed by atoms with Crippen LogP contribution in [0.1, 0.15) is 10.4 Å². The van der Waals surface area contributed by atoms with Crippen LogP contribution in [0.3, 0.4) is 0 Å². The van der Waals surface area contributed by atoms with E-state index in [1.165, 1.54) is 19.2 Å². The number of ether oxygens (including phenoxy) is 1. The minimum absolute atomic E-state index is 0.108. The third-order valence-corrected chi connectivity index (χ3v) is 1.72. The van der Waals surface area contributed by atoms with Gasteiger partial charge in [0.2, 0.25) is 0 Å². The first-order valence-corrected chi connectivity index (χ1v) is 3.58. The SMILES string of the molecule is COc1cc(Cl)c(O)c(C=O)c1. The van der Waals surface area contributed by atoms with Gasteiger partial charge < -0.3 is 9.84 Å². The Morgan fingerprint density at radius 2 is 2.25 bits per heavy atom. The van der Waals surface area contributed by atoms with Gasteiger partial charge in [0, 0.05) is 6.07 Å². The van der Waals surface area contributed by atoms with E-state index < -0.39 is 0 Å². The second kappa shape index (κ2) is 3.45. The molecule has 0 aliphatic rings. The molecule has 0 heterocycles. The number of aldehydes is 1. The van der Waals surface area contributed by atoms with Gasteiger partial charge in [-0.1, -0.05) is 11.6 Å². The Kier molecular flexibility index (Phi) is 2.55. The maximum absolute atomic E-state index is 10.4. The first kappa shape index (κ1) is 8.87. The largest absolute Gasteiger partial charge is 0.506 e. The van der Waals surface area contributed by atoms with Gasteiger partial charge >= 0.3 is 0 Å². The first-order chi connectivity index (χ1) is 5.69. The van der Waals surface area contributed by atoms with E-state index >= 15 is 0 Å². The number of methoxy groups -OCH3 is 1. The van der Waals surface area contributed by atoms with Gasteiger partial charge in [-0.3, -0.25) is 4.79 Å². The topological polar surface area (TPSA) is 46.5 Å². The van der Waals surface area contributed by atoms with Crippen LogP contribution in [-0.2, 0) is 0 Å². The normalized spacial score (nSPS) is 9.50. The number of rotatable bonds is 2. The molecule has 0 bridgehead atoms. The predicted octanol–water partition coefficient (Wildman–Crippen LogP) is 1.87. The van der Waals surface area contributed by atoms with Crippen molar-refractivity contribution in [2.45, 2.75) is 0 Å². The van der Waals surface area contributed by atoms with Crippen LogP contribution in [0.4, 0.5) is 0 Å². The monoisotopic (exact) mass is 186 g/mol. The van der Waals surface area contributed by atoms with Gasteiger partial charge in [0.15, 0.2) is 6.29 Å². The average molecular weight is 187 g/mol. The molecule has 0 saturated carbocycles. The zero-order chi connectivity index (χ0) is 9.14. The fourth-order valence-corrected chi connectivity index (χ4v) is 1.02. The molecule has 1 aromatic rings. The van der Waals surface area contributed by atoms with Crippen molar-refractivity contribution in [3.63, 3.8) is 0 Å². The zero-order valence-electron chi connectivity index (χ0n) is 6.37. The number of halogens is 1. The molecule has 1 N–H and O–H groups in total. The lowest BCUT2D eigenvalue weighted by Crippen LogP contribution is -1.87. The van der Waals surface area contributed by atoms with Gasteiger partial charge in [-0.15, -0.1) is 0 Å². The van der Waals surface area contributed by atoms with E-state index in [9.17, 15) is 9.90 Å². The Bertz CT molecular complexity index is 309. The Morgan fingerprint density at radius 1 is 1.58 bits per heavy atom. The molecule has 0 unspecified atom stereocenters. The van der Waals surface area contributed by atoms with Crippen LogP contribution < -0.4 is 4.74 Å². The van der Waals surface area contributed by atoms with E-state index in [0.717, 1.165) is 0 Å². The lowest BCUT2D eigenvalue weighted by Gasteiger charge is -2.03. The first-order valence-electron chi connectivity index (χ1n) is 3.20. The average Bonchev–Trinajstić information content (AvgIpc) is 2.09. The Morgan fingerprint density at radius 3 is 2.75 bits per heavy atom. The minimum Gasteiger partial charge on any atom is -0.506 e. The van der Waals surface area contributed by atoms with Gasteiger partial charge in [0.25, 0.3) is 0 Å². The van der Waals surface area contributed by atoms with Gasteiger partial charge in [-0.05, 0) is 6.07 Å². The van der Waals surface area contributed by atoms with Gasteiger partial charge in [-0.2, -0.15) is 0 Å². The van der Waals surface area contributed by atoms with Crippen LogP contribution in [0.2, 0.25) is 5.02 Å². The van der Waals surface area contributed by atoms with Crippen molar-refractivity contribution in [1.82, 2.24) is 0 Å². The summed E-state index contributed by atoms with van der Waals surface area (Å²) in [6, 6.07) is 2.85. The molecule has 1 rings (SSSR count). The molecular weight excluding hydrogens is 180 g/mol. The summed E-state index contributed by atoms with van der Waals surface area (Å²) in [5, 5.41) is 9.31. The van der Waals surface area contributed by atoms with E-state index in [0.29, 0.717) is 12.0 Å². The molecule has 0 saturated heterocycles. The summed E-state index contributed by atoms with van der Waals surface area (Å²) in [5.74, 6) is 0.229. The summed E-state index contributed by atoms with van der Waals surface area (Å²) >= 11 is 5.59. The predicted molar refractivity (Wildman–Crippen MR) is 45.1 cm³/mol. The quantitative estimate of drug-likeness (QED) is 0.718. The zero-order valence-corrected chi connectivity index (χ0v) is 7.13. The van der Waals surface area contributed by atoms with E-state index in [1.807, 2.05) is 0 Å². The Labute approximate surface area is 74.5 Å². The van der Waals surface area contributed by atoms with E-state index in [1.54, 1.807) is 0 Å². The van der Waals surface area contributed by atoms with Crippen molar-refractivity contribution in [1.29, 1.82) is 0 Å². The Balaban J connectivity index is 3.28. The van der Waals surface area contributed by atoms with Crippen LogP contribution in [0.15, 0.2) is 12.1 Å². The van der Waals surface area contributed by atoms with Gasteiger partial charge in [0.1, 0.15) is 11.5 Å². The molecular formula is C8H7ClO3. The molecule has 0 aliphatic carbocycles. The second-order valence-corrected chi connectivity index (χ2v) is 2.57. The van der Waals surface area contributed by atoms with Crippen LogP contribution in [0, 0.1) is 0 Å². The molecule has 0 radical (unpaired) electrons. The van der Waals surface area contributed by atoms with Crippen molar-refractivity contribution in [2.75, 3.05) is 7.11 Å². The molecule has 0 spiro atoms. The fourth-order valence-electron chi connectivity index (χ4n) is 0.802. The van der Waals surface area contributed by atoms with E-state index in [4.69, 9.17) is 16.3 Å². The molecule has 1 aromatic carbocycles. The number of hydrogen-bond acceptors (Lipinski definition) is 3. The van der Waals surface area contributed by atoms with Crippen LogP contribution in [0.5, 0.6) is 11.5 Å². The maximum Gasteiger partial charge on any atom is 0.153 e. The highest BCUT2D eigenvalue weighted by molar-refractivity contribution is 6.32. The number of benzene rings is 1. The standard InChI is InChI=1S/C8H7ClO3/c1-12-6-2-5(4-10)8(11)7(9)3-6/h2-4,11H,1H3. The van der Waals surface area contributed by atoms with Crippen LogP contribution >= 0.6 is 11.6 Å². The summed E-state index contributed by atoms with van der Waals surface area (Å²) in [6.45, 7) is 0. The number of carbonyl (C=O) groups excluding carboxylic acids is 1. The summed E-state index contributed by atoms with van der Waals surface area (Å²) in [4.78, 5) is 10.4. The molecule has 0 aromatic heterocycles. The minimum atomic E-state index is -0.215. The molecule has 0 aliphatic heterocycles. The molecule has 3 nitrogen and oxygen atoms in total. The summed E-state index contributed by atoms with van der Waals surface area (Å²) in [5.41, 5.74) is 0.124. The van der Waals surface area contributed by atoms with Crippen LogP contribution in [-0.4, -0.2) is 18.5 Å². The molecule has 0 fully saturated rings. The van der Waals surface area contributed by atoms with Gasteiger partial charge in [-0.25, -0.2) is 0 Å². The lowest BCUT2D eigenvalue weighted by molar-refractivity contribution is 0.112. The summed E-state index contributed by atoms with van der Waals surface area (Å²) < 4.78 is 4.84. The van der Waals surface area contributed by atoms with Crippen molar-refractivity contribution in [3.8, 4) is 11.5 Å². The third kappa shape index (κ3) is 1.51. The fraction of sp³-hybridized carbons (Fsp3) is 0.125. The van der Waals surface area contributed by atoms with Crippen molar-refractivity contribution in [3.05, 3.63) is 22.7 Å². The highest BCUT2D eigenvalue weighted by Crippen LogP contribution is 2.30. The van der Waals surface area contributed by atoms with Crippen molar-refractivity contribution < 1.29 is 14.6 Å². The number of phenols is 1. The lowest BCUT2D eigenvalue weighted by atomic mass is 10.2.